The van der Waals surface area contributed by atoms with Crippen LogP contribution in [0.1, 0.15) is 61.3 Å². The molecule has 2 saturated heterocycles. The van der Waals surface area contributed by atoms with Crippen molar-refractivity contribution >= 4 is 18.5 Å². The summed E-state index contributed by atoms with van der Waals surface area (Å²) in [6.45, 7) is 15.2. The molecule has 6 heteroatoms. The van der Waals surface area contributed by atoms with E-state index in [1.807, 2.05) is 20.8 Å². The lowest BCUT2D eigenvalue weighted by molar-refractivity contribution is 0.00578. The second-order valence-corrected chi connectivity index (χ2v) is 10.0. The van der Waals surface area contributed by atoms with E-state index in [1.54, 1.807) is 0 Å². The molecule has 1 unspecified atom stereocenters. The summed E-state index contributed by atoms with van der Waals surface area (Å²) in [6.07, 6.45) is 2.04. The van der Waals surface area contributed by atoms with E-state index in [2.05, 4.69) is 32.0 Å². The van der Waals surface area contributed by atoms with E-state index in [9.17, 15) is 4.55 Å². The van der Waals surface area contributed by atoms with E-state index >= 15 is 0 Å². The highest BCUT2D eigenvalue weighted by Gasteiger charge is 2.58. The van der Waals surface area contributed by atoms with Crippen molar-refractivity contribution in [2.75, 3.05) is 6.54 Å². The maximum Gasteiger partial charge on any atom is 0.481 e. The molecule has 0 radical (unpaired) electrons. The van der Waals surface area contributed by atoms with Crippen molar-refractivity contribution in [3.63, 3.8) is 0 Å². The third kappa shape index (κ3) is 2.90. The molecular weight excluding hydrogens is 273 g/mol. The Kier molecular flexibility index (Phi) is 4.29. The molecule has 0 aromatic rings. The van der Waals surface area contributed by atoms with Crippen LogP contribution in [-0.4, -0.2) is 44.4 Å². The van der Waals surface area contributed by atoms with Gasteiger partial charge in [0.25, 0.3) is 0 Å². The molecule has 0 N–H and O–H groups in total. The summed E-state index contributed by atoms with van der Waals surface area (Å²) in [5, 5.41) is 0. The summed E-state index contributed by atoms with van der Waals surface area (Å²) in [5.41, 5.74) is -0.649. The van der Waals surface area contributed by atoms with Gasteiger partial charge in [0.05, 0.1) is 17.1 Å². The van der Waals surface area contributed by atoms with Gasteiger partial charge in [0.2, 0.25) is 0 Å². The van der Waals surface area contributed by atoms with Gasteiger partial charge in [0.1, 0.15) is 4.75 Å². The number of hydrogen-bond donors (Lipinski definition) is 0. The fourth-order valence-corrected chi connectivity index (χ4v) is 4.09. The van der Waals surface area contributed by atoms with Crippen LogP contribution >= 0.6 is 0 Å². The van der Waals surface area contributed by atoms with Crippen LogP contribution in [0.15, 0.2) is 0 Å². The number of hydrogen-bond acceptors (Lipinski definition) is 4. The number of rotatable bonds is 2. The van der Waals surface area contributed by atoms with Crippen molar-refractivity contribution in [2.24, 2.45) is 0 Å². The molecule has 2 heterocycles. The molecule has 0 aromatic carbocycles. The Labute approximate surface area is 127 Å². The van der Waals surface area contributed by atoms with Crippen LogP contribution in [-0.2, 0) is 20.7 Å². The lowest BCUT2D eigenvalue weighted by Crippen LogP contribution is -2.51. The van der Waals surface area contributed by atoms with Gasteiger partial charge < -0.3 is 13.9 Å². The second-order valence-electron chi connectivity index (χ2n) is 7.84. The van der Waals surface area contributed by atoms with Crippen molar-refractivity contribution < 1.29 is 13.9 Å². The van der Waals surface area contributed by atoms with Crippen LogP contribution in [0.25, 0.3) is 0 Å². The quantitative estimate of drug-likeness (QED) is 0.581. The first-order valence-corrected chi connectivity index (χ1v) is 8.61. The van der Waals surface area contributed by atoms with E-state index in [4.69, 9.17) is 9.31 Å². The Morgan fingerprint density at radius 3 is 2.10 bits per heavy atom. The molecule has 2 fully saturated rings. The first kappa shape index (κ1) is 16.6. The van der Waals surface area contributed by atoms with Gasteiger partial charge in [-0.3, -0.25) is 0 Å². The van der Waals surface area contributed by atoms with Crippen LogP contribution in [0.3, 0.4) is 0 Å². The summed E-state index contributed by atoms with van der Waals surface area (Å²) in [5.74, 6) is 0.0936. The molecule has 20 heavy (non-hydrogen) atoms. The molecule has 116 valence electrons. The lowest BCUT2D eigenvalue weighted by atomic mass is 9.77. The average Bonchev–Trinajstić information content (AvgIpc) is 2.79. The molecule has 2 aliphatic rings. The van der Waals surface area contributed by atoms with E-state index in [1.165, 1.54) is 0 Å². The maximum absolute atomic E-state index is 12.7. The first-order valence-electron chi connectivity index (χ1n) is 7.50. The minimum absolute atomic E-state index is 0.0936. The number of nitrogens with zero attached hydrogens (tertiary/aromatic N) is 1. The third-order valence-corrected chi connectivity index (χ3v) is 6.50. The monoisotopic (exact) mass is 301 g/mol. The first-order chi connectivity index (χ1) is 8.96. The van der Waals surface area contributed by atoms with E-state index in [0.717, 1.165) is 19.4 Å². The van der Waals surface area contributed by atoms with E-state index in [-0.39, 0.29) is 29.0 Å². The fourth-order valence-electron chi connectivity index (χ4n) is 2.64. The minimum Gasteiger partial charge on any atom is -0.598 e. The minimum atomic E-state index is -1.02. The predicted octanol–water partition coefficient (Wildman–Crippen LogP) is 2.54. The summed E-state index contributed by atoms with van der Waals surface area (Å²) < 4.78 is 26.8. The van der Waals surface area contributed by atoms with E-state index < -0.39 is 11.4 Å². The molecule has 4 nitrogen and oxygen atoms in total. The van der Waals surface area contributed by atoms with E-state index in [0.29, 0.717) is 0 Å². The molecule has 0 aliphatic carbocycles. The van der Waals surface area contributed by atoms with Gasteiger partial charge in [-0.2, -0.15) is 0 Å². The summed E-state index contributed by atoms with van der Waals surface area (Å²) in [7, 11) is -0.284. The van der Waals surface area contributed by atoms with Gasteiger partial charge >= 0.3 is 7.12 Å². The normalized spacial score (nSPS) is 31.8. The molecule has 0 aromatic heterocycles. The summed E-state index contributed by atoms with van der Waals surface area (Å²) >= 11 is -1.02. The van der Waals surface area contributed by atoms with Gasteiger partial charge in [0, 0.05) is 17.9 Å². The Bertz CT molecular complexity index is 354. The molecule has 0 saturated carbocycles. The highest BCUT2D eigenvalue weighted by Crippen LogP contribution is 2.41. The summed E-state index contributed by atoms with van der Waals surface area (Å²) in [4.78, 5) is 0. The Morgan fingerprint density at radius 2 is 1.65 bits per heavy atom. The van der Waals surface area contributed by atoms with Gasteiger partial charge in [-0.25, -0.2) is 0 Å². The molecule has 0 spiro atoms. The topological polar surface area (TPSA) is 44.8 Å². The van der Waals surface area contributed by atoms with Crippen LogP contribution in [0.2, 0.25) is 0 Å². The molecular formula is C14H28BNO3S. The van der Waals surface area contributed by atoms with Crippen LogP contribution in [0.5, 0.6) is 0 Å². The maximum atomic E-state index is 12.7. The third-order valence-electron chi connectivity index (χ3n) is 4.57. The van der Waals surface area contributed by atoms with Gasteiger partial charge in [-0.1, -0.05) is 0 Å². The molecule has 2 aliphatic heterocycles. The van der Waals surface area contributed by atoms with Crippen molar-refractivity contribution in [1.82, 2.24) is 4.31 Å². The van der Waals surface area contributed by atoms with Gasteiger partial charge in [0.15, 0.2) is 0 Å². The van der Waals surface area contributed by atoms with Crippen molar-refractivity contribution in [3.05, 3.63) is 0 Å². The predicted molar refractivity (Wildman–Crippen MR) is 83.7 cm³/mol. The van der Waals surface area contributed by atoms with Gasteiger partial charge in [-0.15, -0.1) is 4.31 Å². The Morgan fingerprint density at radius 1 is 1.15 bits per heavy atom. The molecule has 0 bridgehead atoms. The Balaban J connectivity index is 2.13. The zero-order valence-electron chi connectivity index (χ0n) is 13.9. The van der Waals surface area contributed by atoms with Crippen molar-refractivity contribution in [3.8, 4) is 0 Å². The second kappa shape index (κ2) is 5.16. The standard InChI is InChI=1S/C14H28BNO3S/c1-12(2,3)20(17)16-10-8-9-11(16)15-18-13(4,5)14(6,7)19-15/h11H,8-10H2,1-7H3/t11-,20?/m0/s1. The SMILES string of the molecule is CC(C)(C)[S+]([O-])N1CCC[C@H]1B1OC(C)(C)C(C)(C)O1. The lowest BCUT2D eigenvalue weighted by Gasteiger charge is -2.34. The largest absolute Gasteiger partial charge is 0.598 e. The molecule has 2 atom stereocenters. The Hall–Kier alpha value is 0.255. The van der Waals surface area contributed by atoms with Crippen LogP contribution in [0.4, 0.5) is 0 Å². The highest BCUT2D eigenvalue weighted by molar-refractivity contribution is 7.90. The smallest absolute Gasteiger partial charge is 0.481 e. The molecule has 0 amide bonds. The fraction of sp³-hybridized carbons (Fsp3) is 1.00. The van der Waals surface area contributed by atoms with Gasteiger partial charge in [-0.05, 0) is 61.3 Å². The zero-order valence-corrected chi connectivity index (χ0v) is 14.7. The van der Waals surface area contributed by atoms with Crippen molar-refractivity contribution in [2.45, 2.75) is 83.2 Å². The van der Waals surface area contributed by atoms with Crippen molar-refractivity contribution in [1.29, 1.82) is 0 Å². The highest BCUT2D eigenvalue weighted by atomic mass is 32.2. The zero-order chi connectivity index (χ0) is 15.3. The van der Waals surface area contributed by atoms with Crippen LogP contribution < -0.4 is 0 Å². The average molecular weight is 301 g/mol. The van der Waals surface area contributed by atoms with Crippen LogP contribution in [0, 0.1) is 0 Å². The molecule has 2 rings (SSSR count). The summed E-state index contributed by atoms with van der Waals surface area (Å²) in [6, 6.07) is 0.